The van der Waals surface area contributed by atoms with E-state index in [9.17, 15) is 0 Å². The zero-order chi connectivity index (χ0) is 18.6. The van der Waals surface area contributed by atoms with Gasteiger partial charge in [-0.1, -0.05) is 48.0 Å². The first-order valence-electron chi connectivity index (χ1n) is 9.31. The predicted octanol–water partition coefficient (Wildman–Crippen LogP) is 3.96. The first-order valence-corrected chi connectivity index (χ1v) is 9.72. The Morgan fingerprint density at radius 3 is 2.30 bits per heavy atom. The van der Waals surface area contributed by atoms with Crippen LogP contribution in [0.5, 0.6) is 0 Å². The SMILES string of the molecule is Cc1ccc(-c2nn(CN3CCN(Cc4ccccc4)CC3)c(=S)o2)cc1. The third kappa shape index (κ3) is 4.53. The van der Waals surface area contributed by atoms with E-state index in [2.05, 4.69) is 64.3 Å². The number of rotatable bonds is 5. The minimum absolute atomic E-state index is 0.428. The van der Waals surface area contributed by atoms with Crippen LogP contribution in [0.1, 0.15) is 11.1 Å². The molecule has 0 aliphatic carbocycles. The lowest BCUT2D eigenvalue weighted by molar-refractivity contribution is 0.0974. The first-order chi connectivity index (χ1) is 13.2. The Hall–Kier alpha value is -2.28. The number of hydrogen-bond donors (Lipinski definition) is 0. The molecule has 1 aliphatic rings. The van der Waals surface area contributed by atoms with Crippen LogP contribution in [0.25, 0.3) is 11.5 Å². The molecule has 0 saturated carbocycles. The summed E-state index contributed by atoms with van der Waals surface area (Å²) in [4.78, 5) is 5.29. The minimum atomic E-state index is 0.428. The summed E-state index contributed by atoms with van der Waals surface area (Å²) in [7, 11) is 0. The fourth-order valence-corrected chi connectivity index (χ4v) is 3.51. The van der Waals surface area contributed by atoms with Gasteiger partial charge >= 0.3 is 0 Å². The molecule has 1 saturated heterocycles. The van der Waals surface area contributed by atoms with Crippen LogP contribution in [0.15, 0.2) is 59.0 Å². The van der Waals surface area contributed by atoms with Crippen molar-refractivity contribution in [3.8, 4) is 11.5 Å². The summed E-state index contributed by atoms with van der Waals surface area (Å²) in [6.07, 6.45) is 0. The van der Waals surface area contributed by atoms with Crippen LogP contribution in [-0.2, 0) is 13.2 Å². The van der Waals surface area contributed by atoms with E-state index in [1.165, 1.54) is 11.1 Å². The first kappa shape index (κ1) is 18.1. The molecular formula is C21H24N4OS. The smallest absolute Gasteiger partial charge is 0.288 e. The molecule has 0 radical (unpaired) electrons. The van der Waals surface area contributed by atoms with Crippen molar-refractivity contribution < 1.29 is 4.42 Å². The molecule has 0 bridgehead atoms. The molecule has 1 aromatic heterocycles. The van der Waals surface area contributed by atoms with Crippen molar-refractivity contribution in [3.05, 3.63) is 70.6 Å². The highest BCUT2D eigenvalue weighted by molar-refractivity contribution is 7.71. The van der Waals surface area contributed by atoms with E-state index in [4.69, 9.17) is 16.6 Å². The fourth-order valence-electron chi connectivity index (χ4n) is 3.33. The Kier molecular flexibility index (Phi) is 5.48. The van der Waals surface area contributed by atoms with Gasteiger partial charge in [0.1, 0.15) is 0 Å². The molecule has 0 unspecified atom stereocenters. The van der Waals surface area contributed by atoms with Gasteiger partial charge in [-0.15, -0.1) is 5.10 Å². The van der Waals surface area contributed by atoms with Crippen LogP contribution < -0.4 is 0 Å². The number of aryl methyl sites for hydroxylation is 1. The summed E-state index contributed by atoms with van der Waals surface area (Å²) < 4.78 is 7.50. The molecule has 6 heteroatoms. The van der Waals surface area contributed by atoms with Crippen molar-refractivity contribution in [2.24, 2.45) is 0 Å². The van der Waals surface area contributed by atoms with Crippen molar-refractivity contribution in [2.45, 2.75) is 20.1 Å². The van der Waals surface area contributed by atoms with Gasteiger partial charge in [-0.25, -0.2) is 4.68 Å². The standard InChI is InChI=1S/C21H24N4OS/c1-17-7-9-19(10-8-17)20-22-25(21(27)26-20)16-24-13-11-23(12-14-24)15-18-5-3-2-4-6-18/h2-10H,11-16H2,1H3. The molecule has 0 N–H and O–H groups in total. The normalized spacial score (nSPS) is 15.9. The summed E-state index contributed by atoms with van der Waals surface area (Å²) in [5.41, 5.74) is 3.54. The predicted molar refractivity (Wildman–Crippen MR) is 109 cm³/mol. The van der Waals surface area contributed by atoms with Crippen LogP contribution in [-0.4, -0.2) is 45.8 Å². The maximum atomic E-state index is 5.71. The van der Waals surface area contributed by atoms with E-state index in [0.717, 1.165) is 38.3 Å². The van der Waals surface area contributed by atoms with Gasteiger partial charge < -0.3 is 4.42 Å². The van der Waals surface area contributed by atoms with Gasteiger partial charge in [-0.05, 0) is 36.8 Å². The van der Waals surface area contributed by atoms with Gasteiger partial charge in [0.15, 0.2) is 0 Å². The van der Waals surface area contributed by atoms with Crippen LogP contribution in [0.3, 0.4) is 0 Å². The molecule has 4 rings (SSSR count). The highest BCUT2D eigenvalue weighted by Crippen LogP contribution is 2.19. The lowest BCUT2D eigenvalue weighted by atomic mass is 10.1. The summed E-state index contributed by atoms with van der Waals surface area (Å²) in [6.45, 7) is 7.84. The second kappa shape index (κ2) is 8.17. The second-order valence-electron chi connectivity index (χ2n) is 7.06. The van der Waals surface area contributed by atoms with Crippen LogP contribution in [0.2, 0.25) is 0 Å². The van der Waals surface area contributed by atoms with Gasteiger partial charge in [0.2, 0.25) is 5.89 Å². The van der Waals surface area contributed by atoms with Crippen molar-refractivity contribution in [3.63, 3.8) is 0 Å². The number of nitrogens with zero attached hydrogens (tertiary/aromatic N) is 4. The Labute approximate surface area is 164 Å². The van der Waals surface area contributed by atoms with E-state index in [1.54, 1.807) is 4.68 Å². The summed E-state index contributed by atoms with van der Waals surface area (Å²) in [5.74, 6) is 0.586. The average Bonchev–Trinajstić information content (AvgIpc) is 3.05. The van der Waals surface area contributed by atoms with Gasteiger partial charge in [-0.2, -0.15) is 0 Å². The van der Waals surface area contributed by atoms with Gasteiger partial charge in [-0.3, -0.25) is 9.80 Å². The Morgan fingerprint density at radius 2 is 1.59 bits per heavy atom. The minimum Gasteiger partial charge on any atom is -0.409 e. The largest absolute Gasteiger partial charge is 0.409 e. The Balaban J connectivity index is 1.35. The number of aromatic nitrogens is 2. The quantitative estimate of drug-likeness (QED) is 0.627. The van der Waals surface area contributed by atoms with Gasteiger partial charge in [0, 0.05) is 38.3 Å². The fraction of sp³-hybridized carbons (Fsp3) is 0.333. The molecule has 2 heterocycles. The van der Waals surface area contributed by atoms with E-state index in [-0.39, 0.29) is 0 Å². The molecule has 2 aromatic carbocycles. The zero-order valence-electron chi connectivity index (χ0n) is 15.5. The molecule has 1 fully saturated rings. The van der Waals surface area contributed by atoms with Crippen molar-refractivity contribution >= 4 is 12.2 Å². The van der Waals surface area contributed by atoms with Crippen LogP contribution >= 0.6 is 12.2 Å². The van der Waals surface area contributed by atoms with E-state index in [1.807, 2.05) is 12.1 Å². The lowest BCUT2D eigenvalue weighted by Gasteiger charge is -2.34. The maximum Gasteiger partial charge on any atom is 0.288 e. The van der Waals surface area contributed by atoms with Crippen molar-refractivity contribution in [2.75, 3.05) is 26.2 Å². The molecule has 3 aromatic rings. The average molecular weight is 381 g/mol. The number of hydrogen-bond acceptors (Lipinski definition) is 5. The molecule has 0 atom stereocenters. The number of piperazine rings is 1. The summed E-state index contributed by atoms with van der Waals surface area (Å²) >= 11 is 5.37. The maximum absolute atomic E-state index is 5.71. The Morgan fingerprint density at radius 1 is 0.926 bits per heavy atom. The van der Waals surface area contributed by atoms with Crippen LogP contribution in [0.4, 0.5) is 0 Å². The molecular weight excluding hydrogens is 356 g/mol. The topological polar surface area (TPSA) is 37.4 Å². The molecule has 1 aliphatic heterocycles. The monoisotopic (exact) mass is 380 g/mol. The van der Waals surface area contributed by atoms with E-state index < -0.39 is 0 Å². The van der Waals surface area contributed by atoms with Gasteiger partial charge in [0.05, 0.1) is 6.67 Å². The molecule has 27 heavy (non-hydrogen) atoms. The third-order valence-corrected chi connectivity index (χ3v) is 5.25. The molecule has 140 valence electrons. The highest BCUT2D eigenvalue weighted by atomic mass is 32.1. The Bertz CT molecular complexity index is 925. The zero-order valence-corrected chi connectivity index (χ0v) is 16.4. The van der Waals surface area contributed by atoms with Crippen molar-refractivity contribution in [1.29, 1.82) is 0 Å². The second-order valence-corrected chi connectivity index (χ2v) is 7.41. The van der Waals surface area contributed by atoms with Crippen LogP contribution in [0, 0.1) is 11.8 Å². The molecule has 0 spiro atoms. The lowest BCUT2D eigenvalue weighted by Crippen LogP contribution is -2.46. The van der Waals surface area contributed by atoms with Crippen molar-refractivity contribution in [1.82, 2.24) is 19.6 Å². The van der Waals surface area contributed by atoms with E-state index in [0.29, 0.717) is 17.4 Å². The molecule has 5 nitrogen and oxygen atoms in total. The highest BCUT2D eigenvalue weighted by Gasteiger charge is 2.18. The molecule has 0 amide bonds. The summed E-state index contributed by atoms with van der Waals surface area (Å²) in [6, 6.07) is 18.8. The van der Waals surface area contributed by atoms with Gasteiger partial charge in [0.25, 0.3) is 4.84 Å². The number of benzene rings is 2. The van der Waals surface area contributed by atoms with E-state index >= 15 is 0 Å². The third-order valence-electron chi connectivity index (χ3n) is 4.95. The summed E-state index contributed by atoms with van der Waals surface area (Å²) in [5, 5.41) is 4.58.